The minimum atomic E-state index is 0.0725. The summed E-state index contributed by atoms with van der Waals surface area (Å²) in [6.07, 6.45) is 6.60. The molecular weight excluding hydrogens is 198 g/mol. The maximum Gasteiger partial charge on any atom is 0.0662 e. The van der Waals surface area contributed by atoms with Crippen LogP contribution in [0.2, 0.25) is 0 Å². The molecule has 2 rings (SSSR count). The van der Waals surface area contributed by atoms with E-state index in [1.165, 1.54) is 38.6 Å². The zero-order valence-electron chi connectivity index (χ0n) is 11.3. The largest absolute Gasteiger partial charge is 0.369 e. The molecule has 1 atom stereocenters. The van der Waals surface area contributed by atoms with Crippen LogP contribution in [0.5, 0.6) is 0 Å². The number of rotatable bonds is 5. The zero-order chi connectivity index (χ0) is 11.8. The van der Waals surface area contributed by atoms with Gasteiger partial charge in [-0.2, -0.15) is 0 Å². The van der Waals surface area contributed by atoms with Crippen molar-refractivity contribution in [1.82, 2.24) is 5.32 Å². The van der Waals surface area contributed by atoms with Crippen LogP contribution in [0.25, 0.3) is 0 Å². The van der Waals surface area contributed by atoms with Crippen molar-refractivity contribution >= 4 is 0 Å². The molecule has 1 saturated carbocycles. The molecule has 2 nitrogen and oxygen atoms in total. The summed E-state index contributed by atoms with van der Waals surface area (Å²) in [5.41, 5.74) is 0.154. The average Bonchev–Trinajstić information content (AvgIpc) is 2.88. The van der Waals surface area contributed by atoms with Crippen molar-refractivity contribution < 1.29 is 4.74 Å². The lowest BCUT2D eigenvalue weighted by Gasteiger charge is -2.27. The van der Waals surface area contributed by atoms with E-state index in [0.29, 0.717) is 0 Å². The van der Waals surface area contributed by atoms with Crippen molar-refractivity contribution in [2.24, 2.45) is 5.92 Å². The van der Waals surface area contributed by atoms with Gasteiger partial charge in [-0.05, 0) is 72.3 Å². The normalized spacial score (nSPS) is 31.9. The fraction of sp³-hybridized carbons (Fsp3) is 1.00. The van der Waals surface area contributed by atoms with E-state index in [1.54, 1.807) is 0 Å². The van der Waals surface area contributed by atoms with E-state index < -0.39 is 0 Å². The van der Waals surface area contributed by atoms with Crippen molar-refractivity contribution in [2.45, 2.75) is 77.0 Å². The second kappa shape index (κ2) is 4.30. The Bertz CT molecular complexity index is 243. The molecule has 2 aliphatic rings. The van der Waals surface area contributed by atoms with Gasteiger partial charge in [0.05, 0.1) is 11.2 Å². The maximum atomic E-state index is 6.12. The van der Waals surface area contributed by atoms with E-state index in [-0.39, 0.29) is 11.2 Å². The highest BCUT2D eigenvalue weighted by Crippen LogP contribution is 2.43. The summed E-state index contributed by atoms with van der Waals surface area (Å²) >= 11 is 0. The Morgan fingerprint density at radius 2 is 1.88 bits per heavy atom. The molecule has 0 amide bonds. The van der Waals surface area contributed by atoms with Gasteiger partial charge in [-0.1, -0.05) is 0 Å². The number of ether oxygens (including phenoxy) is 1. The minimum absolute atomic E-state index is 0.0725. The Hall–Kier alpha value is -0.0800. The lowest BCUT2D eigenvalue weighted by Crippen LogP contribution is -2.30. The van der Waals surface area contributed by atoms with Gasteiger partial charge in [0.15, 0.2) is 0 Å². The van der Waals surface area contributed by atoms with E-state index in [2.05, 4.69) is 33.0 Å². The highest BCUT2D eigenvalue weighted by molar-refractivity contribution is 4.94. The lowest BCUT2D eigenvalue weighted by molar-refractivity contribution is -0.0752. The summed E-state index contributed by atoms with van der Waals surface area (Å²) in [4.78, 5) is 0. The first-order valence-electron chi connectivity index (χ1n) is 6.83. The third kappa shape index (κ3) is 3.21. The molecular formula is C14H27NO. The van der Waals surface area contributed by atoms with Gasteiger partial charge in [-0.15, -0.1) is 0 Å². The number of hydrogen-bond donors (Lipinski definition) is 1. The maximum absolute atomic E-state index is 6.12. The molecule has 1 aliphatic heterocycles. The molecule has 2 fully saturated rings. The van der Waals surface area contributed by atoms with Gasteiger partial charge in [-0.3, -0.25) is 0 Å². The molecule has 0 aromatic heterocycles. The third-order valence-electron chi connectivity index (χ3n) is 4.00. The molecule has 1 aliphatic carbocycles. The van der Waals surface area contributed by atoms with Gasteiger partial charge < -0.3 is 10.1 Å². The van der Waals surface area contributed by atoms with Gasteiger partial charge in [0, 0.05) is 6.04 Å². The van der Waals surface area contributed by atoms with Crippen molar-refractivity contribution in [3.63, 3.8) is 0 Å². The predicted molar refractivity (Wildman–Crippen MR) is 67.6 cm³/mol. The SMILES string of the molecule is CC1(C)CC(CCCNC2CC2)C(C)(C)O1. The molecule has 0 spiro atoms. The topological polar surface area (TPSA) is 21.3 Å². The average molecular weight is 225 g/mol. The van der Waals surface area contributed by atoms with Gasteiger partial charge in [0.2, 0.25) is 0 Å². The van der Waals surface area contributed by atoms with E-state index in [0.717, 1.165) is 12.0 Å². The van der Waals surface area contributed by atoms with Crippen molar-refractivity contribution in [1.29, 1.82) is 0 Å². The van der Waals surface area contributed by atoms with Crippen LogP contribution in [-0.2, 0) is 4.74 Å². The molecule has 0 radical (unpaired) electrons. The van der Waals surface area contributed by atoms with Crippen LogP contribution in [0, 0.1) is 5.92 Å². The van der Waals surface area contributed by atoms with E-state index >= 15 is 0 Å². The van der Waals surface area contributed by atoms with Crippen molar-refractivity contribution in [2.75, 3.05) is 6.54 Å². The van der Waals surface area contributed by atoms with E-state index in [9.17, 15) is 0 Å². The van der Waals surface area contributed by atoms with Crippen LogP contribution in [0.3, 0.4) is 0 Å². The molecule has 1 unspecified atom stereocenters. The summed E-state index contributed by atoms with van der Waals surface area (Å²) in [6, 6.07) is 0.851. The van der Waals surface area contributed by atoms with E-state index in [1.807, 2.05) is 0 Å². The van der Waals surface area contributed by atoms with E-state index in [4.69, 9.17) is 4.74 Å². The summed E-state index contributed by atoms with van der Waals surface area (Å²) in [5.74, 6) is 0.725. The Labute approximate surface area is 100 Å². The summed E-state index contributed by atoms with van der Waals surface area (Å²) in [7, 11) is 0. The van der Waals surface area contributed by atoms with Crippen LogP contribution in [0.4, 0.5) is 0 Å². The highest BCUT2D eigenvalue weighted by Gasteiger charge is 2.45. The molecule has 1 N–H and O–H groups in total. The van der Waals surface area contributed by atoms with Crippen LogP contribution in [0.15, 0.2) is 0 Å². The fourth-order valence-electron chi connectivity index (χ4n) is 3.07. The lowest BCUT2D eigenvalue weighted by atomic mass is 9.84. The summed E-state index contributed by atoms with van der Waals surface area (Å²) < 4.78 is 6.12. The smallest absolute Gasteiger partial charge is 0.0662 e. The Morgan fingerprint density at radius 1 is 1.19 bits per heavy atom. The van der Waals surface area contributed by atoms with Crippen molar-refractivity contribution in [3.8, 4) is 0 Å². The molecule has 1 heterocycles. The first kappa shape index (κ1) is 12.4. The first-order valence-corrected chi connectivity index (χ1v) is 6.83. The first-order chi connectivity index (χ1) is 7.39. The zero-order valence-corrected chi connectivity index (χ0v) is 11.3. The molecule has 0 aromatic rings. The van der Waals surface area contributed by atoms with Crippen LogP contribution in [-0.4, -0.2) is 23.8 Å². The monoisotopic (exact) mass is 225 g/mol. The van der Waals surface area contributed by atoms with Crippen molar-refractivity contribution in [3.05, 3.63) is 0 Å². The van der Waals surface area contributed by atoms with Gasteiger partial charge in [0.25, 0.3) is 0 Å². The summed E-state index contributed by atoms with van der Waals surface area (Å²) in [5, 5.41) is 3.59. The Morgan fingerprint density at radius 3 is 2.38 bits per heavy atom. The molecule has 0 aromatic carbocycles. The second-order valence-corrected chi connectivity index (χ2v) is 6.74. The predicted octanol–water partition coefficient (Wildman–Crippen LogP) is 3.11. The summed E-state index contributed by atoms with van der Waals surface area (Å²) in [6.45, 7) is 10.1. The van der Waals surface area contributed by atoms with Gasteiger partial charge in [0.1, 0.15) is 0 Å². The van der Waals surface area contributed by atoms with Crippen LogP contribution < -0.4 is 5.32 Å². The highest BCUT2D eigenvalue weighted by atomic mass is 16.5. The van der Waals surface area contributed by atoms with Gasteiger partial charge in [-0.25, -0.2) is 0 Å². The number of nitrogens with one attached hydrogen (secondary N) is 1. The standard InChI is InChI=1S/C14H27NO/c1-13(2)10-11(14(3,4)16-13)6-5-9-15-12-7-8-12/h11-12,15H,5-10H2,1-4H3. The minimum Gasteiger partial charge on any atom is -0.369 e. The van der Waals surface area contributed by atoms with Gasteiger partial charge >= 0.3 is 0 Å². The Balaban J connectivity index is 1.71. The Kier molecular flexibility index (Phi) is 3.33. The molecule has 1 saturated heterocycles. The fourth-order valence-corrected chi connectivity index (χ4v) is 3.07. The quantitative estimate of drug-likeness (QED) is 0.726. The van der Waals surface area contributed by atoms with Crippen LogP contribution in [0.1, 0.15) is 59.8 Å². The third-order valence-corrected chi connectivity index (χ3v) is 4.00. The molecule has 2 heteroatoms. The second-order valence-electron chi connectivity index (χ2n) is 6.74. The molecule has 0 bridgehead atoms. The molecule has 16 heavy (non-hydrogen) atoms. The molecule has 94 valence electrons. The number of hydrogen-bond acceptors (Lipinski definition) is 2. The van der Waals surface area contributed by atoms with Crippen LogP contribution >= 0.6 is 0 Å².